The average molecular weight is 282 g/mol. The second-order valence-corrected chi connectivity index (χ2v) is 6.52. The van der Waals surface area contributed by atoms with E-state index in [2.05, 4.69) is 11.9 Å². The molecule has 0 spiro atoms. The Morgan fingerprint density at radius 1 is 1.30 bits per heavy atom. The van der Waals surface area contributed by atoms with Gasteiger partial charge in [0.15, 0.2) is 0 Å². The number of amides is 1. The van der Waals surface area contributed by atoms with Gasteiger partial charge in [-0.25, -0.2) is 0 Å². The zero-order valence-corrected chi connectivity index (χ0v) is 12.6. The Labute approximate surface area is 120 Å². The number of carboxylic acid groups (broad SMARTS) is 1. The van der Waals surface area contributed by atoms with Gasteiger partial charge in [-0.15, -0.1) is 0 Å². The highest BCUT2D eigenvalue weighted by atomic mass is 16.4. The van der Waals surface area contributed by atoms with Crippen LogP contribution in [0.2, 0.25) is 0 Å². The number of carbonyl (C=O) groups is 2. The van der Waals surface area contributed by atoms with E-state index in [1.54, 1.807) is 11.9 Å². The summed E-state index contributed by atoms with van der Waals surface area (Å²) in [6, 6.07) is 0.424. The molecule has 0 aromatic rings. The predicted molar refractivity (Wildman–Crippen MR) is 76.4 cm³/mol. The number of carbonyl (C=O) groups excluding carboxylic acids is 1. The van der Waals surface area contributed by atoms with Crippen LogP contribution in [0.3, 0.4) is 0 Å². The van der Waals surface area contributed by atoms with Crippen LogP contribution in [0, 0.1) is 5.41 Å². The zero-order valence-electron chi connectivity index (χ0n) is 12.6. The fourth-order valence-electron chi connectivity index (χ4n) is 3.57. The Hall–Kier alpha value is -1.10. The zero-order chi connectivity index (χ0) is 14.8. The Kier molecular flexibility index (Phi) is 4.68. The molecule has 20 heavy (non-hydrogen) atoms. The van der Waals surface area contributed by atoms with E-state index >= 15 is 0 Å². The highest BCUT2D eigenvalue weighted by Gasteiger charge is 2.43. The van der Waals surface area contributed by atoms with Crippen molar-refractivity contribution in [3.05, 3.63) is 0 Å². The number of rotatable bonds is 5. The summed E-state index contributed by atoms with van der Waals surface area (Å²) in [7, 11) is 3.89. The molecule has 114 valence electrons. The molecule has 2 rings (SSSR count). The topological polar surface area (TPSA) is 60.9 Å². The molecule has 2 aliphatic rings. The molecule has 1 N–H and O–H groups in total. The third-order valence-electron chi connectivity index (χ3n) is 5.09. The van der Waals surface area contributed by atoms with Crippen LogP contribution >= 0.6 is 0 Å². The predicted octanol–water partition coefficient (Wildman–Crippen LogP) is 1.57. The van der Waals surface area contributed by atoms with Crippen LogP contribution in [0.25, 0.3) is 0 Å². The van der Waals surface area contributed by atoms with Gasteiger partial charge in [-0.2, -0.15) is 0 Å². The van der Waals surface area contributed by atoms with Crippen LogP contribution in [0.5, 0.6) is 0 Å². The van der Waals surface area contributed by atoms with Crippen LogP contribution < -0.4 is 0 Å². The standard InChI is InChI=1S/C15H26N2O3/c1-16-9-5-6-12(16)11-17(2)13(18)10-15(14(19)20)7-3-4-8-15/h12H,3-11H2,1-2H3,(H,19,20). The Morgan fingerprint density at radius 2 is 1.95 bits per heavy atom. The van der Waals surface area contributed by atoms with Gasteiger partial charge in [0.1, 0.15) is 0 Å². The molecule has 2 fully saturated rings. The minimum absolute atomic E-state index is 0.0189. The maximum Gasteiger partial charge on any atom is 0.310 e. The molecule has 0 aromatic carbocycles. The lowest BCUT2D eigenvalue weighted by Gasteiger charge is -2.29. The monoisotopic (exact) mass is 282 g/mol. The number of carboxylic acids is 1. The summed E-state index contributed by atoms with van der Waals surface area (Å²) in [5, 5.41) is 9.44. The van der Waals surface area contributed by atoms with Crippen molar-refractivity contribution in [2.45, 2.75) is 51.0 Å². The summed E-state index contributed by atoms with van der Waals surface area (Å²) in [5.41, 5.74) is -0.799. The van der Waals surface area contributed by atoms with Crippen LogP contribution in [0.4, 0.5) is 0 Å². The molecule has 1 saturated carbocycles. The summed E-state index contributed by atoms with van der Waals surface area (Å²) < 4.78 is 0. The molecule has 1 unspecified atom stereocenters. The Morgan fingerprint density at radius 3 is 2.45 bits per heavy atom. The average Bonchev–Trinajstić information content (AvgIpc) is 3.00. The minimum atomic E-state index is -0.799. The van der Waals surface area contributed by atoms with Crippen LogP contribution in [-0.4, -0.2) is 60.0 Å². The van der Waals surface area contributed by atoms with Gasteiger partial charge in [-0.3, -0.25) is 9.59 Å². The molecule has 0 bridgehead atoms. The lowest BCUT2D eigenvalue weighted by Crippen LogP contribution is -2.42. The van der Waals surface area contributed by atoms with Gasteiger partial charge in [0.05, 0.1) is 5.41 Å². The van der Waals surface area contributed by atoms with Gasteiger partial charge in [0.25, 0.3) is 0 Å². The fraction of sp³-hybridized carbons (Fsp3) is 0.867. The van der Waals surface area contributed by atoms with Gasteiger partial charge < -0.3 is 14.9 Å². The van der Waals surface area contributed by atoms with Crippen molar-refractivity contribution in [2.24, 2.45) is 5.41 Å². The SMILES string of the molecule is CN(CC1CCCN1C)C(=O)CC1(C(=O)O)CCCC1. The van der Waals surface area contributed by atoms with Crippen molar-refractivity contribution >= 4 is 11.9 Å². The van der Waals surface area contributed by atoms with Crippen molar-refractivity contribution in [3.8, 4) is 0 Å². The first-order chi connectivity index (χ1) is 9.44. The lowest BCUT2D eigenvalue weighted by molar-refractivity contribution is -0.153. The van der Waals surface area contributed by atoms with Crippen molar-refractivity contribution in [3.63, 3.8) is 0 Å². The lowest BCUT2D eigenvalue weighted by atomic mass is 9.82. The number of nitrogens with zero attached hydrogens (tertiary/aromatic N) is 2. The molecule has 1 aliphatic carbocycles. The molecular formula is C15H26N2O3. The van der Waals surface area contributed by atoms with Gasteiger partial charge in [-0.05, 0) is 39.3 Å². The van der Waals surface area contributed by atoms with Gasteiger partial charge >= 0.3 is 5.97 Å². The third-order valence-corrected chi connectivity index (χ3v) is 5.09. The number of likely N-dealkylation sites (N-methyl/N-ethyl adjacent to an activating group) is 2. The van der Waals surface area contributed by atoms with Crippen molar-refractivity contribution in [1.29, 1.82) is 0 Å². The summed E-state index contributed by atoms with van der Waals surface area (Å²) in [5.74, 6) is -0.815. The van der Waals surface area contributed by atoms with Crippen LogP contribution in [0.1, 0.15) is 44.9 Å². The smallest absolute Gasteiger partial charge is 0.310 e. The number of aliphatic carboxylic acids is 1. The Bertz CT molecular complexity index is 377. The van der Waals surface area contributed by atoms with Crippen molar-refractivity contribution < 1.29 is 14.7 Å². The Balaban J connectivity index is 1.91. The van der Waals surface area contributed by atoms with Gasteiger partial charge in [0.2, 0.25) is 5.91 Å². The molecule has 0 radical (unpaired) electrons. The van der Waals surface area contributed by atoms with Crippen molar-refractivity contribution in [1.82, 2.24) is 9.80 Å². The molecule has 1 saturated heterocycles. The van der Waals surface area contributed by atoms with E-state index in [1.807, 2.05) is 0 Å². The number of hydrogen-bond acceptors (Lipinski definition) is 3. The van der Waals surface area contributed by atoms with E-state index in [0.29, 0.717) is 25.4 Å². The second-order valence-electron chi connectivity index (χ2n) is 6.52. The highest BCUT2D eigenvalue weighted by Crippen LogP contribution is 2.41. The second kappa shape index (κ2) is 6.12. The molecule has 1 aliphatic heterocycles. The van der Waals surface area contributed by atoms with E-state index < -0.39 is 11.4 Å². The van der Waals surface area contributed by atoms with E-state index in [9.17, 15) is 14.7 Å². The summed E-state index contributed by atoms with van der Waals surface area (Å²) in [6.07, 6.45) is 5.61. The molecule has 0 aromatic heterocycles. The maximum absolute atomic E-state index is 12.3. The number of hydrogen-bond donors (Lipinski definition) is 1. The first-order valence-corrected chi connectivity index (χ1v) is 7.62. The molecular weight excluding hydrogens is 256 g/mol. The molecule has 1 heterocycles. The molecule has 1 amide bonds. The van der Waals surface area contributed by atoms with E-state index in [-0.39, 0.29) is 12.3 Å². The maximum atomic E-state index is 12.3. The highest BCUT2D eigenvalue weighted by molar-refractivity contribution is 5.85. The van der Waals surface area contributed by atoms with E-state index in [4.69, 9.17) is 0 Å². The number of likely N-dealkylation sites (tertiary alicyclic amines) is 1. The third kappa shape index (κ3) is 3.14. The van der Waals surface area contributed by atoms with Crippen LogP contribution in [-0.2, 0) is 9.59 Å². The van der Waals surface area contributed by atoms with Gasteiger partial charge in [0, 0.05) is 26.1 Å². The fourth-order valence-corrected chi connectivity index (χ4v) is 3.57. The normalized spacial score (nSPS) is 25.8. The van der Waals surface area contributed by atoms with E-state index in [1.165, 1.54) is 6.42 Å². The summed E-state index contributed by atoms with van der Waals surface area (Å²) in [6.45, 7) is 1.80. The molecule has 5 nitrogen and oxygen atoms in total. The molecule has 1 atom stereocenters. The first-order valence-electron chi connectivity index (χ1n) is 7.62. The summed E-state index contributed by atoms with van der Waals surface area (Å²) in [4.78, 5) is 27.9. The van der Waals surface area contributed by atoms with E-state index in [0.717, 1.165) is 25.8 Å². The molecule has 5 heteroatoms. The summed E-state index contributed by atoms with van der Waals surface area (Å²) >= 11 is 0. The quantitative estimate of drug-likeness (QED) is 0.831. The minimum Gasteiger partial charge on any atom is -0.481 e. The van der Waals surface area contributed by atoms with Crippen LogP contribution in [0.15, 0.2) is 0 Å². The van der Waals surface area contributed by atoms with Gasteiger partial charge in [-0.1, -0.05) is 12.8 Å². The largest absolute Gasteiger partial charge is 0.481 e. The van der Waals surface area contributed by atoms with Crippen molar-refractivity contribution in [2.75, 3.05) is 27.2 Å². The first kappa shape index (κ1) is 15.3.